The monoisotopic (exact) mass is 514 g/mol. The summed E-state index contributed by atoms with van der Waals surface area (Å²) in [5.41, 5.74) is 9.26. The van der Waals surface area contributed by atoms with Gasteiger partial charge in [0.15, 0.2) is 11.4 Å². The number of benzene rings is 1. The molecule has 1 aliphatic rings. The van der Waals surface area contributed by atoms with Gasteiger partial charge in [0, 0.05) is 41.6 Å². The number of nitrogen functional groups attached to an aromatic ring is 1. The molecule has 0 unspecified atom stereocenters. The first kappa shape index (κ1) is 23.3. The zero-order chi connectivity index (χ0) is 24.7. The molecule has 5 rings (SSSR count). The van der Waals surface area contributed by atoms with E-state index in [2.05, 4.69) is 9.97 Å². The Labute approximate surface area is 210 Å². The van der Waals surface area contributed by atoms with E-state index < -0.39 is 11.9 Å². The molecule has 0 bridgehead atoms. The predicted molar refractivity (Wildman–Crippen MR) is 133 cm³/mol. The van der Waals surface area contributed by atoms with Crippen LogP contribution in [0.4, 0.5) is 10.2 Å². The Hall–Kier alpha value is -3.49. The molecule has 7 nitrogen and oxygen atoms in total. The molecule has 0 saturated carbocycles. The molecule has 0 aliphatic carbocycles. The van der Waals surface area contributed by atoms with Gasteiger partial charge in [0.25, 0.3) is 5.91 Å². The van der Waals surface area contributed by atoms with Crippen molar-refractivity contribution in [1.29, 1.82) is 0 Å². The summed E-state index contributed by atoms with van der Waals surface area (Å²) in [5, 5.41) is 0.872. The molecule has 3 aromatic heterocycles. The number of fused-ring (bicyclic) bond motifs is 1. The van der Waals surface area contributed by atoms with Gasteiger partial charge in [0.05, 0.1) is 16.7 Å². The lowest BCUT2D eigenvalue weighted by molar-refractivity contribution is 0.0767. The van der Waals surface area contributed by atoms with E-state index in [0.29, 0.717) is 41.7 Å². The molecule has 1 amide bonds. The summed E-state index contributed by atoms with van der Waals surface area (Å²) in [6, 6.07) is 6.17. The standard InChI is InChI=1S/C25H21Cl2FN4O3/c1-13(20-17(26)4-5-18(28)21(20)27)35-23-22-15(11-31-24(23)29)16(12-34-22)14-6-9-32(10-7-14)25(33)19-3-2-8-30-19/h2-6,8,11-13,30H,7,9-10H2,1H3,(H2,29,31)/t13-/m1/s1. The number of rotatable bonds is 5. The molecule has 35 heavy (non-hydrogen) atoms. The second kappa shape index (κ2) is 9.28. The molecule has 10 heteroatoms. The average Bonchev–Trinajstić information content (AvgIpc) is 3.54. The van der Waals surface area contributed by atoms with Gasteiger partial charge in [0.2, 0.25) is 5.75 Å². The van der Waals surface area contributed by atoms with Crippen LogP contribution in [0, 0.1) is 5.82 Å². The molecule has 1 aromatic carbocycles. The van der Waals surface area contributed by atoms with Crippen LogP contribution in [0.2, 0.25) is 10.0 Å². The fraction of sp³-hybridized carbons (Fsp3) is 0.200. The van der Waals surface area contributed by atoms with Gasteiger partial charge >= 0.3 is 0 Å². The highest BCUT2D eigenvalue weighted by molar-refractivity contribution is 6.36. The summed E-state index contributed by atoms with van der Waals surface area (Å²) in [7, 11) is 0. The van der Waals surface area contributed by atoms with Gasteiger partial charge in [-0.15, -0.1) is 0 Å². The number of furan rings is 1. The topological polar surface area (TPSA) is 97.4 Å². The van der Waals surface area contributed by atoms with E-state index in [-0.39, 0.29) is 27.5 Å². The summed E-state index contributed by atoms with van der Waals surface area (Å²) in [6.45, 7) is 2.73. The third-order valence-electron chi connectivity index (χ3n) is 6.05. The van der Waals surface area contributed by atoms with Crippen LogP contribution in [-0.4, -0.2) is 33.9 Å². The van der Waals surface area contributed by atoms with Crippen molar-refractivity contribution in [2.75, 3.05) is 18.8 Å². The van der Waals surface area contributed by atoms with Crippen LogP contribution >= 0.6 is 23.2 Å². The molecule has 4 aromatic rings. The lowest BCUT2D eigenvalue weighted by Crippen LogP contribution is -2.34. The molecule has 0 spiro atoms. The minimum Gasteiger partial charge on any atom is -0.478 e. The third-order valence-corrected chi connectivity index (χ3v) is 6.77. The van der Waals surface area contributed by atoms with Crippen molar-refractivity contribution in [2.45, 2.75) is 19.4 Å². The number of carbonyl (C=O) groups is 1. The van der Waals surface area contributed by atoms with Crippen molar-refractivity contribution < 1.29 is 18.3 Å². The molecular formula is C25H21Cl2FN4O3. The minimum atomic E-state index is -0.726. The lowest BCUT2D eigenvalue weighted by Gasteiger charge is -2.26. The highest BCUT2D eigenvalue weighted by atomic mass is 35.5. The molecule has 1 aliphatic heterocycles. The highest BCUT2D eigenvalue weighted by Gasteiger charge is 2.25. The van der Waals surface area contributed by atoms with E-state index in [9.17, 15) is 9.18 Å². The van der Waals surface area contributed by atoms with Crippen LogP contribution in [-0.2, 0) is 0 Å². The molecule has 0 saturated heterocycles. The van der Waals surface area contributed by atoms with E-state index in [1.165, 1.54) is 12.1 Å². The summed E-state index contributed by atoms with van der Waals surface area (Å²) in [6.07, 6.45) is 6.90. The Kier molecular flexibility index (Phi) is 6.17. The quantitative estimate of drug-likeness (QED) is 0.306. The number of ether oxygens (including phenoxy) is 1. The van der Waals surface area contributed by atoms with E-state index >= 15 is 0 Å². The van der Waals surface area contributed by atoms with Crippen molar-refractivity contribution in [3.8, 4) is 5.75 Å². The number of halogens is 3. The van der Waals surface area contributed by atoms with Gasteiger partial charge in [-0.3, -0.25) is 4.79 Å². The summed E-state index contributed by atoms with van der Waals surface area (Å²) >= 11 is 12.4. The van der Waals surface area contributed by atoms with E-state index in [4.69, 9.17) is 38.1 Å². The lowest BCUT2D eigenvalue weighted by atomic mass is 9.99. The van der Waals surface area contributed by atoms with Gasteiger partial charge in [-0.1, -0.05) is 29.3 Å². The Balaban J connectivity index is 1.43. The first-order valence-electron chi connectivity index (χ1n) is 10.9. The summed E-state index contributed by atoms with van der Waals surface area (Å²) < 4.78 is 25.9. The largest absolute Gasteiger partial charge is 0.478 e. The van der Waals surface area contributed by atoms with E-state index in [0.717, 1.165) is 11.1 Å². The van der Waals surface area contributed by atoms with Gasteiger partial charge < -0.3 is 24.8 Å². The smallest absolute Gasteiger partial charge is 0.270 e. The number of hydrogen-bond acceptors (Lipinski definition) is 5. The minimum absolute atomic E-state index is 0.0452. The first-order valence-corrected chi connectivity index (χ1v) is 11.7. The number of H-pyrrole nitrogens is 1. The normalized spacial score (nSPS) is 14.7. The van der Waals surface area contributed by atoms with Crippen molar-refractivity contribution in [3.63, 3.8) is 0 Å². The second-order valence-electron chi connectivity index (χ2n) is 8.20. The molecule has 0 radical (unpaired) electrons. The molecular weight excluding hydrogens is 494 g/mol. The van der Waals surface area contributed by atoms with Crippen molar-refractivity contribution in [1.82, 2.24) is 14.9 Å². The Bertz CT molecular complexity index is 1450. The maximum absolute atomic E-state index is 14.0. The van der Waals surface area contributed by atoms with Crippen LogP contribution in [0.5, 0.6) is 5.75 Å². The van der Waals surface area contributed by atoms with E-state index in [1.54, 1.807) is 42.6 Å². The predicted octanol–water partition coefficient (Wildman–Crippen LogP) is 6.25. The van der Waals surface area contributed by atoms with Crippen molar-refractivity contribution >= 4 is 51.5 Å². The maximum Gasteiger partial charge on any atom is 0.270 e. The Morgan fingerprint density at radius 3 is 2.89 bits per heavy atom. The summed E-state index contributed by atoms with van der Waals surface area (Å²) in [5.74, 6) is -0.304. The summed E-state index contributed by atoms with van der Waals surface area (Å²) in [4.78, 5) is 21.6. The number of aromatic nitrogens is 2. The Morgan fingerprint density at radius 1 is 1.34 bits per heavy atom. The second-order valence-corrected chi connectivity index (χ2v) is 8.98. The number of nitrogens with zero attached hydrogens (tertiary/aromatic N) is 2. The number of amides is 1. The number of nitrogens with one attached hydrogen (secondary N) is 1. The fourth-order valence-electron chi connectivity index (χ4n) is 4.23. The van der Waals surface area contributed by atoms with Crippen LogP contribution in [0.1, 0.15) is 41.1 Å². The fourth-order valence-corrected chi connectivity index (χ4v) is 4.90. The zero-order valence-electron chi connectivity index (χ0n) is 18.6. The van der Waals surface area contributed by atoms with Crippen LogP contribution in [0.25, 0.3) is 16.5 Å². The number of aromatic amines is 1. The average molecular weight is 515 g/mol. The number of nitrogens with two attached hydrogens (primary N) is 1. The molecule has 3 N–H and O–H groups in total. The SMILES string of the molecule is C[C@@H](Oc1c(N)ncc2c(C3=CCN(C(=O)c4ccc[nH]4)CC3)coc12)c1c(Cl)ccc(F)c1Cl. The highest BCUT2D eigenvalue weighted by Crippen LogP contribution is 2.41. The Morgan fingerprint density at radius 2 is 2.17 bits per heavy atom. The first-order chi connectivity index (χ1) is 16.8. The van der Waals surface area contributed by atoms with Gasteiger partial charge in [-0.2, -0.15) is 0 Å². The number of hydrogen-bond donors (Lipinski definition) is 2. The molecule has 0 fully saturated rings. The molecule has 1 atom stereocenters. The zero-order valence-corrected chi connectivity index (χ0v) is 20.2. The number of carbonyl (C=O) groups excluding carboxylic acids is 1. The van der Waals surface area contributed by atoms with Crippen LogP contribution in [0.3, 0.4) is 0 Å². The van der Waals surface area contributed by atoms with Crippen LogP contribution < -0.4 is 10.5 Å². The van der Waals surface area contributed by atoms with Gasteiger partial charge in [-0.05, 0) is 43.2 Å². The van der Waals surface area contributed by atoms with Gasteiger partial charge in [-0.25, -0.2) is 9.37 Å². The van der Waals surface area contributed by atoms with Crippen molar-refractivity contribution in [3.05, 3.63) is 81.7 Å². The van der Waals surface area contributed by atoms with Crippen molar-refractivity contribution in [2.24, 2.45) is 0 Å². The van der Waals surface area contributed by atoms with Gasteiger partial charge in [0.1, 0.15) is 17.6 Å². The maximum atomic E-state index is 14.0. The van der Waals surface area contributed by atoms with Crippen LogP contribution in [0.15, 0.2) is 53.4 Å². The number of pyridine rings is 1. The molecule has 180 valence electrons. The number of anilines is 1. The third kappa shape index (κ3) is 4.24. The molecule has 4 heterocycles. The van der Waals surface area contributed by atoms with E-state index in [1.807, 2.05) is 6.08 Å².